The molecule has 2 aromatic carbocycles. The Balaban J connectivity index is 2.00. The number of nitrogens with zero attached hydrogens (tertiary/aromatic N) is 2. The van der Waals surface area contributed by atoms with Crippen molar-refractivity contribution in [3.05, 3.63) is 48.0 Å². The second kappa shape index (κ2) is 10.4. The van der Waals surface area contributed by atoms with E-state index >= 15 is 0 Å². The third-order valence-electron chi connectivity index (χ3n) is 6.13. The fourth-order valence-corrected chi connectivity index (χ4v) is 5.50. The average Bonchev–Trinajstić information content (AvgIpc) is 2.82. The van der Waals surface area contributed by atoms with E-state index in [0.717, 1.165) is 22.7 Å². The van der Waals surface area contributed by atoms with Gasteiger partial charge in [-0.2, -0.15) is 0 Å². The van der Waals surface area contributed by atoms with Crippen molar-refractivity contribution in [2.45, 2.75) is 49.6 Å². The summed E-state index contributed by atoms with van der Waals surface area (Å²) in [4.78, 5) is 14.8. The number of anilines is 1. The van der Waals surface area contributed by atoms with Crippen LogP contribution in [0.3, 0.4) is 0 Å². The number of hydrogen-bond donors (Lipinski definition) is 1. The van der Waals surface area contributed by atoms with Crippen molar-refractivity contribution >= 4 is 21.6 Å². The Labute approximate surface area is 195 Å². The largest absolute Gasteiger partial charge is 0.493 e. The van der Waals surface area contributed by atoms with Gasteiger partial charge in [-0.05, 0) is 44.0 Å². The molecule has 0 saturated heterocycles. The molecule has 9 heteroatoms. The summed E-state index contributed by atoms with van der Waals surface area (Å²) in [6, 6.07) is 10.9. The van der Waals surface area contributed by atoms with E-state index in [1.807, 2.05) is 6.92 Å². The van der Waals surface area contributed by atoms with Crippen LogP contribution in [0.1, 0.15) is 31.2 Å². The van der Waals surface area contributed by atoms with Crippen LogP contribution in [0.2, 0.25) is 0 Å². The lowest BCUT2D eigenvalue weighted by molar-refractivity contribution is -0.133. The quantitative estimate of drug-likeness (QED) is 0.629. The fraction of sp³-hybridized carbons (Fsp3) is 0.458. The molecule has 180 valence electrons. The monoisotopic (exact) mass is 476 g/mol. The van der Waals surface area contributed by atoms with Gasteiger partial charge >= 0.3 is 0 Å². The molecule has 1 N–H and O–H groups in total. The third kappa shape index (κ3) is 5.42. The average molecular weight is 477 g/mol. The number of likely N-dealkylation sites (N-methyl/N-ethyl adjacent to an activating group) is 1. The molecule has 1 amide bonds. The Morgan fingerprint density at radius 3 is 2.27 bits per heavy atom. The predicted octanol–water partition coefficient (Wildman–Crippen LogP) is 2.97. The number of carbonyl (C=O) groups is 1. The van der Waals surface area contributed by atoms with Gasteiger partial charge in [0.1, 0.15) is 6.54 Å². The van der Waals surface area contributed by atoms with Crippen molar-refractivity contribution < 1.29 is 27.8 Å². The SMILES string of the molecule is COc1ccc(N(CC(=O)N(C)C2CCCCC2O)S(=O)(=O)c2ccc(C)cc2)cc1OC. The Bertz CT molecular complexity index is 1070. The zero-order valence-electron chi connectivity index (χ0n) is 19.5. The lowest BCUT2D eigenvalue weighted by Gasteiger charge is -2.36. The minimum absolute atomic E-state index is 0.0797. The molecule has 0 radical (unpaired) electrons. The molecular weight excluding hydrogens is 444 g/mol. The van der Waals surface area contributed by atoms with Gasteiger partial charge in [-0.25, -0.2) is 8.42 Å². The van der Waals surface area contributed by atoms with Crippen LogP contribution in [-0.2, 0) is 14.8 Å². The molecule has 0 heterocycles. The molecule has 1 fully saturated rings. The molecule has 0 spiro atoms. The lowest BCUT2D eigenvalue weighted by atomic mass is 9.91. The molecule has 2 aromatic rings. The zero-order valence-corrected chi connectivity index (χ0v) is 20.3. The number of methoxy groups -OCH3 is 2. The van der Waals surface area contributed by atoms with Crippen LogP contribution < -0.4 is 13.8 Å². The fourth-order valence-electron chi connectivity index (χ4n) is 4.10. The first-order valence-corrected chi connectivity index (χ1v) is 12.4. The van der Waals surface area contributed by atoms with Crippen molar-refractivity contribution in [2.24, 2.45) is 0 Å². The van der Waals surface area contributed by atoms with Crippen LogP contribution in [-0.4, -0.2) is 64.3 Å². The predicted molar refractivity (Wildman–Crippen MR) is 126 cm³/mol. The highest BCUT2D eigenvalue weighted by molar-refractivity contribution is 7.92. The summed E-state index contributed by atoms with van der Waals surface area (Å²) < 4.78 is 39.0. The van der Waals surface area contributed by atoms with Gasteiger partial charge in [0.05, 0.1) is 36.9 Å². The lowest BCUT2D eigenvalue weighted by Crippen LogP contribution is -2.50. The summed E-state index contributed by atoms with van der Waals surface area (Å²) in [7, 11) is 0.511. The number of aliphatic hydroxyl groups excluding tert-OH is 1. The number of rotatable bonds is 8. The van der Waals surface area contributed by atoms with Crippen molar-refractivity contribution in [1.82, 2.24) is 4.90 Å². The smallest absolute Gasteiger partial charge is 0.264 e. The number of sulfonamides is 1. The third-order valence-corrected chi connectivity index (χ3v) is 7.92. The first kappa shape index (κ1) is 24.9. The molecule has 2 unspecified atom stereocenters. The minimum atomic E-state index is -4.06. The zero-order chi connectivity index (χ0) is 24.2. The standard InChI is InChI=1S/C24H32N2O6S/c1-17-9-12-19(13-10-17)33(29,30)26(18-11-14-22(31-3)23(15-18)32-4)16-24(28)25(2)20-7-5-6-8-21(20)27/h9-15,20-21,27H,5-8,16H2,1-4H3. The van der Waals surface area contributed by atoms with Gasteiger partial charge in [-0.15, -0.1) is 0 Å². The van der Waals surface area contributed by atoms with Crippen LogP contribution in [0.4, 0.5) is 5.69 Å². The Morgan fingerprint density at radius 1 is 1.03 bits per heavy atom. The van der Waals surface area contributed by atoms with Crippen molar-refractivity contribution in [1.29, 1.82) is 0 Å². The van der Waals surface area contributed by atoms with Gasteiger partial charge in [-0.1, -0.05) is 30.5 Å². The first-order valence-electron chi connectivity index (χ1n) is 10.9. The van der Waals surface area contributed by atoms with E-state index in [9.17, 15) is 18.3 Å². The maximum Gasteiger partial charge on any atom is 0.264 e. The molecule has 0 bridgehead atoms. The summed E-state index contributed by atoms with van der Waals surface area (Å²) in [5, 5.41) is 10.4. The second-order valence-corrected chi connectivity index (χ2v) is 10.2. The van der Waals surface area contributed by atoms with Crippen LogP contribution in [0.5, 0.6) is 11.5 Å². The van der Waals surface area contributed by atoms with Gasteiger partial charge < -0.3 is 19.5 Å². The van der Waals surface area contributed by atoms with Crippen LogP contribution in [0.15, 0.2) is 47.4 Å². The van der Waals surface area contributed by atoms with Gasteiger partial charge in [-0.3, -0.25) is 9.10 Å². The van der Waals surface area contributed by atoms with E-state index in [1.54, 1.807) is 31.3 Å². The highest BCUT2D eigenvalue weighted by atomic mass is 32.2. The van der Waals surface area contributed by atoms with Crippen LogP contribution >= 0.6 is 0 Å². The van der Waals surface area contributed by atoms with E-state index in [-0.39, 0.29) is 16.6 Å². The number of ether oxygens (including phenoxy) is 2. The molecule has 8 nitrogen and oxygen atoms in total. The molecule has 0 aromatic heterocycles. The van der Waals surface area contributed by atoms with E-state index in [4.69, 9.17) is 9.47 Å². The molecule has 2 atom stereocenters. The Morgan fingerprint density at radius 2 is 1.67 bits per heavy atom. The number of aliphatic hydroxyl groups is 1. The molecular formula is C24H32N2O6S. The summed E-state index contributed by atoms with van der Waals surface area (Å²) in [6.45, 7) is 1.46. The number of aryl methyl sites for hydroxylation is 1. The number of carbonyl (C=O) groups excluding carboxylic acids is 1. The second-order valence-electron chi connectivity index (χ2n) is 8.29. The van der Waals surface area contributed by atoms with Crippen molar-refractivity contribution in [3.8, 4) is 11.5 Å². The Kier molecular flexibility index (Phi) is 7.86. The van der Waals surface area contributed by atoms with E-state index in [2.05, 4.69) is 0 Å². The van der Waals surface area contributed by atoms with E-state index in [0.29, 0.717) is 24.3 Å². The highest BCUT2D eigenvalue weighted by Crippen LogP contribution is 2.34. The number of benzene rings is 2. The molecule has 33 heavy (non-hydrogen) atoms. The van der Waals surface area contributed by atoms with Crippen molar-refractivity contribution in [3.63, 3.8) is 0 Å². The molecule has 1 aliphatic rings. The summed E-state index contributed by atoms with van der Waals surface area (Å²) >= 11 is 0. The highest BCUT2D eigenvalue weighted by Gasteiger charge is 2.33. The summed E-state index contributed by atoms with van der Waals surface area (Å²) in [6.07, 6.45) is 2.53. The minimum Gasteiger partial charge on any atom is -0.493 e. The van der Waals surface area contributed by atoms with Crippen molar-refractivity contribution in [2.75, 3.05) is 32.1 Å². The molecule has 1 aliphatic carbocycles. The van der Waals surface area contributed by atoms with E-state index in [1.165, 1.54) is 37.3 Å². The first-order chi connectivity index (χ1) is 15.7. The maximum atomic E-state index is 13.6. The number of amides is 1. The molecule has 0 aliphatic heterocycles. The van der Waals surface area contributed by atoms with Gasteiger partial charge in [0.25, 0.3) is 10.0 Å². The summed E-state index contributed by atoms with van der Waals surface area (Å²) in [5.74, 6) is 0.400. The van der Waals surface area contributed by atoms with Gasteiger partial charge in [0, 0.05) is 13.1 Å². The molecule has 1 saturated carbocycles. The number of hydrogen-bond acceptors (Lipinski definition) is 6. The normalized spacial score (nSPS) is 18.5. The topological polar surface area (TPSA) is 96.4 Å². The summed E-state index contributed by atoms with van der Waals surface area (Å²) in [5.41, 5.74) is 1.20. The van der Waals surface area contributed by atoms with Crippen LogP contribution in [0, 0.1) is 6.92 Å². The van der Waals surface area contributed by atoms with E-state index < -0.39 is 28.6 Å². The maximum absolute atomic E-state index is 13.6. The van der Waals surface area contributed by atoms with Gasteiger partial charge in [0.2, 0.25) is 5.91 Å². The van der Waals surface area contributed by atoms with Gasteiger partial charge in [0.15, 0.2) is 11.5 Å². The Hall–Kier alpha value is -2.78. The molecule has 3 rings (SSSR count). The van der Waals surface area contributed by atoms with Crippen LogP contribution in [0.25, 0.3) is 0 Å².